The van der Waals surface area contributed by atoms with E-state index < -0.39 is 0 Å². The Kier molecular flexibility index (Phi) is 5.11. The molecule has 0 spiro atoms. The molecule has 2 heterocycles. The van der Waals surface area contributed by atoms with E-state index in [4.69, 9.17) is 21.3 Å². The minimum Gasteiger partial charge on any atom is -0.497 e. The maximum absolute atomic E-state index is 6.33. The molecule has 1 aliphatic heterocycles. The van der Waals surface area contributed by atoms with E-state index in [2.05, 4.69) is 40.3 Å². The lowest BCUT2D eigenvalue weighted by atomic mass is 10.1. The van der Waals surface area contributed by atoms with Crippen LogP contribution in [-0.2, 0) is 6.54 Å². The number of allylic oxidation sites excluding steroid dienone is 3. The highest BCUT2D eigenvalue weighted by Gasteiger charge is 2.21. The number of hydrogen-bond donors (Lipinski definition) is 0. The Morgan fingerprint density at radius 3 is 2.67 bits per heavy atom. The number of imidazole rings is 1. The van der Waals surface area contributed by atoms with Gasteiger partial charge >= 0.3 is 0 Å². The van der Waals surface area contributed by atoms with Crippen LogP contribution in [0, 0.1) is 0 Å². The molecule has 1 aromatic heterocycles. The summed E-state index contributed by atoms with van der Waals surface area (Å²) in [5, 5.41) is 2.62. The molecule has 0 radical (unpaired) electrons. The Labute approximate surface area is 164 Å². The minimum absolute atomic E-state index is 0.603. The number of nitrogens with zero attached hydrogens (tertiary/aromatic N) is 3. The number of anilines is 2. The van der Waals surface area contributed by atoms with Crippen molar-refractivity contribution >= 4 is 34.5 Å². The molecule has 0 fully saturated rings. The third-order valence-electron chi connectivity index (χ3n) is 5.08. The second kappa shape index (κ2) is 7.67. The number of fused-ring (bicyclic) bond motifs is 3. The van der Waals surface area contributed by atoms with E-state index in [0.29, 0.717) is 5.03 Å². The molecule has 0 saturated heterocycles. The molecule has 0 N–H and O–H groups in total. The molecule has 5 heteroatoms. The zero-order valence-electron chi connectivity index (χ0n) is 15.8. The third-order valence-corrected chi connectivity index (χ3v) is 5.30. The molecule has 1 aliphatic carbocycles. The Bertz CT molecular complexity index is 1030. The van der Waals surface area contributed by atoms with Crippen molar-refractivity contribution in [1.82, 2.24) is 9.55 Å². The molecule has 2 aromatic rings. The van der Waals surface area contributed by atoms with E-state index in [1.807, 2.05) is 18.2 Å². The highest BCUT2D eigenvalue weighted by atomic mass is 35.5. The van der Waals surface area contributed by atoms with Gasteiger partial charge in [-0.15, -0.1) is 0 Å². The van der Waals surface area contributed by atoms with Crippen molar-refractivity contribution in [1.29, 1.82) is 0 Å². The normalized spacial score (nSPS) is 16.0. The molecule has 27 heavy (non-hydrogen) atoms. The highest BCUT2D eigenvalue weighted by Crippen LogP contribution is 2.27. The van der Waals surface area contributed by atoms with Crippen LogP contribution < -0.4 is 20.3 Å². The highest BCUT2D eigenvalue weighted by molar-refractivity contribution is 6.32. The predicted octanol–water partition coefficient (Wildman–Crippen LogP) is 3.85. The maximum atomic E-state index is 6.33. The van der Waals surface area contributed by atoms with Gasteiger partial charge in [0.05, 0.1) is 17.5 Å². The average molecular weight is 382 g/mol. The zero-order valence-corrected chi connectivity index (χ0v) is 16.6. The molecule has 0 saturated carbocycles. The number of ether oxygens (including phenoxy) is 1. The Morgan fingerprint density at radius 2 is 1.93 bits per heavy atom. The topological polar surface area (TPSA) is 30.3 Å². The summed E-state index contributed by atoms with van der Waals surface area (Å²) in [6, 6.07) is 8.19. The molecule has 4 rings (SSSR count). The van der Waals surface area contributed by atoms with Gasteiger partial charge in [-0.1, -0.05) is 36.8 Å². The molecule has 140 valence electrons. The summed E-state index contributed by atoms with van der Waals surface area (Å²) in [5.74, 6) is 1.84. The largest absolute Gasteiger partial charge is 0.497 e. The summed E-state index contributed by atoms with van der Waals surface area (Å²) < 4.78 is 7.66. The van der Waals surface area contributed by atoms with Crippen LogP contribution >= 0.6 is 11.6 Å². The van der Waals surface area contributed by atoms with E-state index in [1.165, 1.54) is 10.9 Å². The van der Waals surface area contributed by atoms with Crippen LogP contribution in [0.1, 0.15) is 32.6 Å². The van der Waals surface area contributed by atoms with Gasteiger partial charge in [0, 0.05) is 18.8 Å². The van der Waals surface area contributed by atoms with Crippen LogP contribution in [0.25, 0.3) is 11.3 Å². The molecular formula is C22H24ClN3O. The third kappa shape index (κ3) is 3.43. The van der Waals surface area contributed by atoms with E-state index in [1.54, 1.807) is 7.11 Å². The second-order valence-corrected chi connectivity index (χ2v) is 7.31. The van der Waals surface area contributed by atoms with Gasteiger partial charge in [-0.25, -0.2) is 4.98 Å². The van der Waals surface area contributed by atoms with Crippen LogP contribution in [-0.4, -0.2) is 23.2 Å². The van der Waals surface area contributed by atoms with E-state index in [-0.39, 0.29) is 0 Å². The van der Waals surface area contributed by atoms with Crippen LogP contribution in [0.5, 0.6) is 5.75 Å². The Hall–Kier alpha value is -2.42. The van der Waals surface area contributed by atoms with Crippen LogP contribution in [0.15, 0.2) is 41.4 Å². The van der Waals surface area contributed by atoms with E-state index >= 15 is 0 Å². The molecule has 4 nitrogen and oxygen atoms in total. The lowest BCUT2D eigenvalue weighted by molar-refractivity contribution is 0.415. The average Bonchev–Trinajstić information content (AvgIpc) is 2.81. The zero-order chi connectivity index (χ0) is 18.8. The van der Waals surface area contributed by atoms with Crippen molar-refractivity contribution in [3.8, 4) is 5.75 Å². The molecule has 0 atom stereocenters. The fourth-order valence-electron chi connectivity index (χ4n) is 3.80. The van der Waals surface area contributed by atoms with Gasteiger partial charge in [0.15, 0.2) is 0 Å². The van der Waals surface area contributed by atoms with Gasteiger partial charge in [0.2, 0.25) is 5.95 Å². The number of halogens is 1. The lowest BCUT2D eigenvalue weighted by Gasteiger charge is -2.22. The van der Waals surface area contributed by atoms with Crippen molar-refractivity contribution in [2.24, 2.45) is 0 Å². The van der Waals surface area contributed by atoms with E-state index in [9.17, 15) is 0 Å². The van der Waals surface area contributed by atoms with E-state index in [0.717, 1.165) is 61.5 Å². The summed E-state index contributed by atoms with van der Waals surface area (Å²) >= 11 is 6.33. The van der Waals surface area contributed by atoms with Gasteiger partial charge in [0.1, 0.15) is 11.1 Å². The van der Waals surface area contributed by atoms with Gasteiger partial charge in [0.25, 0.3) is 0 Å². The second-order valence-electron chi connectivity index (χ2n) is 6.90. The first kappa shape index (κ1) is 18.0. The first-order valence-electron chi connectivity index (χ1n) is 9.57. The Balaban J connectivity index is 1.94. The fourth-order valence-corrected chi connectivity index (χ4v) is 3.95. The fraction of sp³-hybridized carbons (Fsp3) is 0.364. The number of methoxy groups -OCH3 is 1. The summed E-state index contributed by atoms with van der Waals surface area (Å²) in [5.41, 5.74) is 5.68. The molecule has 2 aliphatic rings. The Morgan fingerprint density at radius 1 is 1.15 bits per heavy atom. The first-order valence-corrected chi connectivity index (χ1v) is 9.95. The number of rotatable bonds is 4. The molecular weight excluding hydrogens is 358 g/mol. The summed E-state index contributed by atoms with van der Waals surface area (Å²) in [6.45, 7) is 4.11. The standard InChI is InChI=1S/C22H24ClN3O/c1-3-6-16-7-8-17(23)15-20-21(16)26-14-5-4-13-25(22(26)24-20)18-9-11-19(27-2)12-10-18/h7-12H,3-6,13-14H2,1-2H3. The lowest BCUT2D eigenvalue weighted by Crippen LogP contribution is -2.32. The summed E-state index contributed by atoms with van der Waals surface area (Å²) in [4.78, 5) is 7.27. The van der Waals surface area contributed by atoms with Gasteiger partial charge in [-0.05, 0) is 55.2 Å². The van der Waals surface area contributed by atoms with Crippen molar-refractivity contribution in [3.63, 3.8) is 0 Å². The predicted molar refractivity (Wildman–Crippen MR) is 111 cm³/mol. The van der Waals surface area contributed by atoms with Gasteiger partial charge < -0.3 is 14.2 Å². The van der Waals surface area contributed by atoms with Crippen LogP contribution in [0.4, 0.5) is 11.6 Å². The van der Waals surface area contributed by atoms with Crippen molar-refractivity contribution in [3.05, 3.63) is 52.1 Å². The summed E-state index contributed by atoms with van der Waals surface area (Å²) in [7, 11) is 1.69. The first-order chi connectivity index (χ1) is 13.2. The maximum Gasteiger partial charge on any atom is 0.211 e. The number of aromatic nitrogens is 2. The smallest absolute Gasteiger partial charge is 0.211 e. The number of hydrogen-bond acceptors (Lipinski definition) is 3. The molecule has 0 amide bonds. The van der Waals surface area contributed by atoms with Crippen LogP contribution in [0.2, 0.25) is 0 Å². The van der Waals surface area contributed by atoms with Crippen molar-refractivity contribution < 1.29 is 4.74 Å². The minimum atomic E-state index is 0.603. The van der Waals surface area contributed by atoms with Gasteiger partial charge in [-0.2, -0.15) is 0 Å². The molecule has 0 unspecified atom stereocenters. The van der Waals surface area contributed by atoms with Crippen molar-refractivity contribution in [2.45, 2.75) is 39.2 Å². The monoisotopic (exact) mass is 381 g/mol. The van der Waals surface area contributed by atoms with Crippen LogP contribution in [0.3, 0.4) is 0 Å². The summed E-state index contributed by atoms with van der Waals surface area (Å²) in [6.07, 6.45) is 8.40. The SMILES string of the molecule is CCCC1=c2c(nc3n2CCCCN3c2ccc(OC)cc2)=C=C(Cl)C=C1. The quantitative estimate of drug-likeness (QED) is 0.805. The molecule has 1 aromatic carbocycles. The van der Waals surface area contributed by atoms with Gasteiger partial charge in [-0.3, -0.25) is 0 Å². The van der Waals surface area contributed by atoms with Crippen molar-refractivity contribution in [2.75, 3.05) is 18.6 Å². The molecule has 0 bridgehead atoms. The number of benzene rings is 1.